The number of benzene rings is 1. The molecule has 0 aliphatic heterocycles. The maximum absolute atomic E-state index is 12.1. The summed E-state index contributed by atoms with van der Waals surface area (Å²) in [6, 6.07) is 9.30. The fourth-order valence-electron chi connectivity index (χ4n) is 1.59. The molecule has 0 heterocycles. The number of carbonyl (C=O) groups excluding carboxylic acids is 1. The lowest BCUT2D eigenvalue weighted by molar-refractivity contribution is -0.136. The first kappa shape index (κ1) is 16.1. The summed E-state index contributed by atoms with van der Waals surface area (Å²) in [4.78, 5) is 24.3. The number of rotatable bonds is 7. The quantitative estimate of drug-likeness (QED) is 0.778. The molecule has 0 saturated carbocycles. The summed E-state index contributed by atoms with van der Waals surface area (Å²) in [5.74, 6) is -0.720. The number of aryl methyl sites for hydroxylation is 1. The van der Waals surface area contributed by atoms with Crippen LogP contribution in [0.2, 0.25) is 0 Å². The Labute approximate surface area is 122 Å². The summed E-state index contributed by atoms with van der Waals surface area (Å²) in [5.41, 5.74) is 1.75. The zero-order valence-corrected chi connectivity index (χ0v) is 12.0. The second-order valence-electron chi connectivity index (χ2n) is 4.18. The normalized spacial score (nSPS) is 9.80. The molecule has 106 valence electrons. The molecule has 1 aromatic carbocycles. The Morgan fingerprint density at radius 2 is 2.00 bits per heavy atom. The van der Waals surface area contributed by atoms with Crippen molar-refractivity contribution in [2.45, 2.75) is 13.3 Å². The molecule has 0 atom stereocenters. The third-order valence-electron chi connectivity index (χ3n) is 2.59. The third-order valence-corrected chi connectivity index (χ3v) is 3.37. The smallest absolute Gasteiger partial charge is 0.305 e. The predicted molar refractivity (Wildman–Crippen MR) is 78.7 cm³/mol. The molecule has 0 spiro atoms. The number of nitrogens with zero attached hydrogens (tertiary/aromatic N) is 2. The molecule has 0 aromatic heterocycles. The van der Waals surface area contributed by atoms with E-state index < -0.39 is 5.97 Å². The summed E-state index contributed by atoms with van der Waals surface area (Å²) in [6.07, 6.45) is -0.109. The number of carboxylic acid groups (broad SMARTS) is 1. The highest BCUT2D eigenvalue weighted by atomic mass is 32.2. The van der Waals surface area contributed by atoms with Crippen LogP contribution in [-0.4, -0.2) is 35.0 Å². The topological polar surface area (TPSA) is 81.4 Å². The van der Waals surface area contributed by atoms with E-state index in [1.165, 1.54) is 16.7 Å². The molecule has 0 radical (unpaired) electrons. The Morgan fingerprint density at radius 3 is 2.55 bits per heavy atom. The molecular weight excluding hydrogens is 276 g/mol. The van der Waals surface area contributed by atoms with Gasteiger partial charge in [-0.1, -0.05) is 17.7 Å². The van der Waals surface area contributed by atoms with E-state index in [4.69, 9.17) is 10.4 Å². The van der Waals surface area contributed by atoms with E-state index in [-0.39, 0.29) is 30.4 Å². The van der Waals surface area contributed by atoms with Gasteiger partial charge < -0.3 is 10.0 Å². The van der Waals surface area contributed by atoms with E-state index >= 15 is 0 Å². The lowest BCUT2D eigenvalue weighted by Crippen LogP contribution is -2.34. The van der Waals surface area contributed by atoms with Gasteiger partial charge in [0.15, 0.2) is 0 Å². The van der Waals surface area contributed by atoms with Gasteiger partial charge in [0.1, 0.15) is 0 Å². The molecule has 20 heavy (non-hydrogen) atoms. The minimum Gasteiger partial charge on any atom is -0.481 e. The second-order valence-corrected chi connectivity index (χ2v) is 5.16. The molecule has 0 bridgehead atoms. The molecule has 0 aliphatic rings. The predicted octanol–water partition coefficient (Wildman–Crippen LogP) is 2.06. The number of hydrogen-bond donors (Lipinski definition) is 1. The van der Waals surface area contributed by atoms with Gasteiger partial charge >= 0.3 is 5.97 Å². The Bertz CT molecular complexity index is 508. The average molecular weight is 292 g/mol. The molecule has 0 saturated heterocycles. The van der Waals surface area contributed by atoms with Crippen LogP contribution in [-0.2, 0) is 9.59 Å². The molecule has 1 N–H and O–H groups in total. The van der Waals surface area contributed by atoms with Gasteiger partial charge in [-0.2, -0.15) is 5.26 Å². The van der Waals surface area contributed by atoms with Crippen LogP contribution < -0.4 is 4.90 Å². The molecule has 1 rings (SSSR count). The third kappa shape index (κ3) is 5.33. The highest BCUT2D eigenvalue weighted by molar-refractivity contribution is 8.00. The van der Waals surface area contributed by atoms with Gasteiger partial charge in [-0.05, 0) is 19.1 Å². The molecule has 0 fully saturated rings. The molecule has 5 nitrogen and oxygen atoms in total. The first-order chi connectivity index (χ1) is 9.54. The molecule has 6 heteroatoms. The van der Waals surface area contributed by atoms with Crippen molar-refractivity contribution in [3.05, 3.63) is 29.8 Å². The summed E-state index contributed by atoms with van der Waals surface area (Å²) in [6.45, 7) is 2.07. The van der Waals surface area contributed by atoms with Crippen LogP contribution in [0.15, 0.2) is 24.3 Å². The van der Waals surface area contributed by atoms with Gasteiger partial charge in [0.2, 0.25) is 5.91 Å². The van der Waals surface area contributed by atoms with Gasteiger partial charge in [-0.15, -0.1) is 11.8 Å². The van der Waals surface area contributed by atoms with Crippen LogP contribution in [0.3, 0.4) is 0 Å². The van der Waals surface area contributed by atoms with Crippen LogP contribution in [0.25, 0.3) is 0 Å². The molecule has 0 unspecified atom stereocenters. The zero-order valence-electron chi connectivity index (χ0n) is 11.2. The monoisotopic (exact) mass is 292 g/mol. The van der Waals surface area contributed by atoms with E-state index in [1.54, 1.807) is 12.1 Å². The number of carboxylic acids is 1. The SMILES string of the molecule is Cc1ccc(N(CCC(=O)O)C(=O)CSCC#N)cc1. The fourth-order valence-corrected chi connectivity index (χ4v) is 2.12. The van der Waals surface area contributed by atoms with Crippen molar-refractivity contribution in [3.63, 3.8) is 0 Å². The minimum absolute atomic E-state index is 0.109. The van der Waals surface area contributed by atoms with Crippen LogP contribution in [0, 0.1) is 18.3 Å². The Kier molecular flexibility index (Phi) is 6.60. The molecule has 1 aromatic rings. The maximum Gasteiger partial charge on any atom is 0.305 e. The number of thioether (sulfide) groups is 1. The molecule has 0 aliphatic carbocycles. The minimum atomic E-state index is -0.945. The number of carbonyl (C=O) groups is 2. The highest BCUT2D eigenvalue weighted by Crippen LogP contribution is 2.17. The van der Waals surface area contributed by atoms with Gasteiger partial charge in [0, 0.05) is 12.2 Å². The standard InChI is InChI=1S/C14H16N2O3S/c1-11-2-4-12(5-3-11)16(8-6-14(18)19)13(17)10-20-9-7-15/h2-5H,6,8-10H2,1H3,(H,18,19). The number of nitriles is 1. The van der Waals surface area contributed by atoms with Crippen molar-refractivity contribution in [2.24, 2.45) is 0 Å². The average Bonchev–Trinajstić information content (AvgIpc) is 2.41. The fraction of sp³-hybridized carbons (Fsp3) is 0.357. The summed E-state index contributed by atoms with van der Waals surface area (Å²) >= 11 is 1.22. The Balaban J connectivity index is 2.78. The van der Waals surface area contributed by atoms with Crippen molar-refractivity contribution in [1.82, 2.24) is 0 Å². The van der Waals surface area contributed by atoms with Crippen molar-refractivity contribution >= 4 is 29.3 Å². The Morgan fingerprint density at radius 1 is 1.35 bits per heavy atom. The van der Waals surface area contributed by atoms with Gasteiger partial charge in [-0.3, -0.25) is 9.59 Å². The first-order valence-corrected chi connectivity index (χ1v) is 7.23. The van der Waals surface area contributed by atoms with Crippen LogP contribution in [0.1, 0.15) is 12.0 Å². The van der Waals surface area contributed by atoms with Crippen LogP contribution >= 0.6 is 11.8 Å². The van der Waals surface area contributed by atoms with Gasteiger partial charge in [0.05, 0.1) is 24.0 Å². The van der Waals surface area contributed by atoms with Crippen molar-refractivity contribution < 1.29 is 14.7 Å². The van der Waals surface area contributed by atoms with E-state index in [0.29, 0.717) is 5.69 Å². The lowest BCUT2D eigenvalue weighted by Gasteiger charge is -2.22. The van der Waals surface area contributed by atoms with E-state index in [9.17, 15) is 9.59 Å². The second kappa shape index (κ2) is 8.23. The highest BCUT2D eigenvalue weighted by Gasteiger charge is 2.16. The lowest BCUT2D eigenvalue weighted by atomic mass is 10.2. The summed E-state index contributed by atoms with van der Waals surface area (Å²) in [7, 11) is 0. The van der Waals surface area contributed by atoms with Crippen LogP contribution in [0.4, 0.5) is 5.69 Å². The first-order valence-electron chi connectivity index (χ1n) is 6.08. The maximum atomic E-state index is 12.1. The van der Waals surface area contributed by atoms with E-state index in [2.05, 4.69) is 0 Å². The van der Waals surface area contributed by atoms with Crippen molar-refractivity contribution in [2.75, 3.05) is 23.0 Å². The van der Waals surface area contributed by atoms with E-state index in [1.807, 2.05) is 25.1 Å². The number of hydrogen-bond acceptors (Lipinski definition) is 4. The van der Waals surface area contributed by atoms with Crippen molar-refractivity contribution in [3.8, 4) is 6.07 Å². The number of anilines is 1. The van der Waals surface area contributed by atoms with Crippen molar-refractivity contribution in [1.29, 1.82) is 5.26 Å². The number of amides is 1. The van der Waals surface area contributed by atoms with Crippen LogP contribution in [0.5, 0.6) is 0 Å². The Hall–Kier alpha value is -2.00. The van der Waals surface area contributed by atoms with Gasteiger partial charge in [0.25, 0.3) is 0 Å². The van der Waals surface area contributed by atoms with E-state index in [0.717, 1.165) is 5.56 Å². The molecule has 1 amide bonds. The van der Waals surface area contributed by atoms with Gasteiger partial charge in [-0.25, -0.2) is 0 Å². The summed E-state index contributed by atoms with van der Waals surface area (Å²) in [5, 5.41) is 17.2. The zero-order chi connectivity index (χ0) is 15.0. The molecular formula is C14H16N2O3S. The number of aliphatic carboxylic acids is 1. The largest absolute Gasteiger partial charge is 0.481 e. The summed E-state index contributed by atoms with van der Waals surface area (Å²) < 4.78 is 0.